The molecule has 0 spiro atoms. The molecule has 0 saturated heterocycles. The summed E-state index contributed by atoms with van der Waals surface area (Å²) in [6.07, 6.45) is 1.63. The molecular formula is C16H12FN5O2. The molecule has 3 heterocycles. The monoisotopic (exact) mass is 325 g/mol. The van der Waals surface area contributed by atoms with Crippen molar-refractivity contribution in [2.24, 2.45) is 0 Å². The summed E-state index contributed by atoms with van der Waals surface area (Å²) in [4.78, 5) is 18.0. The summed E-state index contributed by atoms with van der Waals surface area (Å²) in [5.74, 6) is -0.726. The Morgan fingerprint density at radius 1 is 1.29 bits per heavy atom. The average Bonchev–Trinajstić information content (AvgIpc) is 3.16. The van der Waals surface area contributed by atoms with Crippen LogP contribution in [0.15, 0.2) is 45.8 Å². The van der Waals surface area contributed by atoms with Crippen LogP contribution in [0.1, 0.15) is 11.1 Å². The minimum Gasteiger partial charge on any atom is -0.296 e. The van der Waals surface area contributed by atoms with Crippen molar-refractivity contribution in [3.05, 3.63) is 64.0 Å². The van der Waals surface area contributed by atoms with Crippen LogP contribution < -0.4 is 5.76 Å². The highest BCUT2D eigenvalue weighted by atomic mass is 19.1. The number of benzene rings is 1. The van der Waals surface area contributed by atoms with Gasteiger partial charge in [-0.25, -0.2) is 18.9 Å². The Hall–Kier alpha value is -3.29. The molecule has 120 valence electrons. The van der Waals surface area contributed by atoms with E-state index >= 15 is 0 Å². The zero-order valence-corrected chi connectivity index (χ0v) is 12.7. The van der Waals surface area contributed by atoms with Crippen molar-refractivity contribution in [3.63, 3.8) is 0 Å². The standard InChI is InChI=1S/C16H12FN5O2/c1-9-4-2-5-10(12(9)17)8-22-15-11(6-3-7-18-15)13(20-22)14-19-16(23)24-21-14/h2-7H,8H2,1H3,(H,19,21,23). The number of fused-ring (bicyclic) bond motifs is 1. The number of rotatable bonds is 3. The second-order valence-corrected chi connectivity index (χ2v) is 5.37. The smallest absolute Gasteiger partial charge is 0.296 e. The number of aryl methyl sites for hydroxylation is 1. The summed E-state index contributed by atoms with van der Waals surface area (Å²) in [5.41, 5.74) is 2.07. The van der Waals surface area contributed by atoms with E-state index in [9.17, 15) is 9.18 Å². The molecule has 0 aliphatic carbocycles. The number of aromatic nitrogens is 5. The topological polar surface area (TPSA) is 89.6 Å². The first-order valence-electron chi connectivity index (χ1n) is 7.25. The fourth-order valence-electron chi connectivity index (χ4n) is 2.62. The summed E-state index contributed by atoms with van der Waals surface area (Å²) in [7, 11) is 0. The van der Waals surface area contributed by atoms with E-state index in [1.807, 2.05) is 0 Å². The lowest BCUT2D eigenvalue weighted by Crippen LogP contribution is -2.05. The van der Waals surface area contributed by atoms with Gasteiger partial charge in [0.05, 0.1) is 11.9 Å². The highest BCUT2D eigenvalue weighted by molar-refractivity contribution is 5.88. The first-order valence-corrected chi connectivity index (χ1v) is 7.25. The van der Waals surface area contributed by atoms with Crippen LogP contribution in [0, 0.1) is 12.7 Å². The van der Waals surface area contributed by atoms with Gasteiger partial charge in [-0.05, 0) is 24.6 Å². The van der Waals surface area contributed by atoms with Crippen LogP contribution in [-0.4, -0.2) is 24.9 Å². The summed E-state index contributed by atoms with van der Waals surface area (Å²) < 4.78 is 20.4. The van der Waals surface area contributed by atoms with Gasteiger partial charge >= 0.3 is 5.76 Å². The average molecular weight is 325 g/mol. The van der Waals surface area contributed by atoms with E-state index in [0.29, 0.717) is 27.9 Å². The molecule has 0 atom stereocenters. The molecule has 3 aromatic heterocycles. The van der Waals surface area contributed by atoms with Crippen LogP contribution in [0.5, 0.6) is 0 Å². The maximum atomic E-state index is 14.3. The fraction of sp³-hybridized carbons (Fsp3) is 0.125. The zero-order chi connectivity index (χ0) is 16.7. The van der Waals surface area contributed by atoms with Crippen molar-refractivity contribution < 1.29 is 8.91 Å². The van der Waals surface area contributed by atoms with Gasteiger partial charge in [-0.15, -0.1) is 0 Å². The number of aromatic amines is 1. The Balaban J connectivity index is 1.87. The van der Waals surface area contributed by atoms with Crippen LogP contribution in [0.25, 0.3) is 22.6 Å². The number of hydrogen-bond donors (Lipinski definition) is 1. The van der Waals surface area contributed by atoms with E-state index in [1.54, 1.807) is 48.1 Å². The summed E-state index contributed by atoms with van der Waals surface area (Å²) >= 11 is 0. The quantitative estimate of drug-likeness (QED) is 0.624. The molecule has 1 aromatic carbocycles. The predicted molar refractivity (Wildman–Crippen MR) is 83.9 cm³/mol. The minimum atomic E-state index is -0.665. The Kier molecular flexibility index (Phi) is 3.23. The predicted octanol–water partition coefficient (Wildman–Crippen LogP) is 2.27. The molecule has 4 rings (SSSR count). The number of hydrogen-bond acceptors (Lipinski definition) is 5. The van der Waals surface area contributed by atoms with Crippen molar-refractivity contribution in [1.82, 2.24) is 24.9 Å². The van der Waals surface area contributed by atoms with Crippen molar-refractivity contribution >= 4 is 11.0 Å². The molecule has 0 fully saturated rings. The molecule has 8 heteroatoms. The highest BCUT2D eigenvalue weighted by Gasteiger charge is 2.17. The molecule has 24 heavy (non-hydrogen) atoms. The third kappa shape index (κ3) is 2.28. The first kappa shape index (κ1) is 14.3. The molecule has 0 aliphatic rings. The fourth-order valence-corrected chi connectivity index (χ4v) is 2.62. The second kappa shape index (κ2) is 5.41. The lowest BCUT2D eigenvalue weighted by atomic mass is 10.1. The Labute approximate surface area is 134 Å². The van der Waals surface area contributed by atoms with Gasteiger partial charge < -0.3 is 0 Å². The van der Waals surface area contributed by atoms with E-state index < -0.39 is 5.76 Å². The molecule has 0 unspecified atom stereocenters. The normalized spacial score (nSPS) is 11.2. The lowest BCUT2D eigenvalue weighted by Gasteiger charge is -2.06. The first-order chi connectivity index (χ1) is 11.6. The Bertz CT molecular complexity index is 1100. The maximum absolute atomic E-state index is 14.3. The largest absolute Gasteiger partial charge is 0.439 e. The number of nitrogens with zero attached hydrogens (tertiary/aromatic N) is 4. The van der Waals surface area contributed by atoms with Gasteiger partial charge in [-0.3, -0.25) is 9.51 Å². The van der Waals surface area contributed by atoms with Gasteiger partial charge in [0.15, 0.2) is 5.65 Å². The zero-order valence-electron chi connectivity index (χ0n) is 12.7. The molecule has 4 aromatic rings. The van der Waals surface area contributed by atoms with Crippen LogP contribution in [0.2, 0.25) is 0 Å². The summed E-state index contributed by atoms with van der Waals surface area (Å²) in [6.45, 7) is 1.92. The Morgan fingerprint density at radius 3 is 2.96 bits per heavy atom. The highest BCUT2D eigenvalue weighted by Crippen LogP contribution is 2.24. The van der Waals surface area contributed by atoms with Crippen molar-refractivity contribution in [2.75, 3.05) is 0 Å². The number of H-pyrrole nitrogens is 1. The molecule has 0 aliphatic heterocycles. The van der Waals surface area contributed by atoms with E-state index in [4.69, 9.17) is 0 Å². The summed E-state index contributed by atoms with van der Waals surface area (Å²) in [6, 6.07) is 8.77. The van der Waals surface area contributed by atoms with E-state index in [1.165, 1.54) is 0 Å². The van der Waals surface area contributed by atoms with Crippen molar-refractivity contribution in [1.29, 1.82) is 0 Å². The SMILES string of the molecule is Cc1cccc(Cn2nc(-c3noc(=O)[nH]3)c3cccnc32)c1F. The molecule has 1 N–H and O–H groups in total. The number of pyridine rings is 1. The summed E-state index contributed by atoms with van der Waals surface area (Å²) in [5, 5.41) is 8.79. The van der Waals surface area contributed by atoms with Gasteiger partial charge in [-0.2, -0.15) is 5.10 Å². The van der Waals surface area contributed by atoms with Gasteiger partial charge in [0.1, 0.15) is 11.5 Å². The second-order valence-electron chi connectivity index (χ2n) is 5.37. The number of halogens is 1. The third-order valence-corrected chi connectivity index (χ3v) is 3.76. The minimum absolute atomic E-state index is 0.210. The van der Waals surface area contributed by atoms with E-state index in [2.05, 4.69) is 24.7 Å². The molecule has 0 bridgehead atoms. The van der Waals surface area contributed by atoms with E-state index in [-0.39, 0.29) is 18.2 Å². The van der Waals surface area contributed by atoms with Crippen LogP contribution >= 0.6 is 0 Å². The van der Waals surface area contributed by atoms with Crippen molar-refractivity contribution in [3.8, 4) is 11.5 Å². The van der Waals surface area contributed by atoms with Gasteiger partial charge in [0.2, 0.25) is 5.82 Å². The van der Waals surface area contributed by atoms with Crippen LogP contribution in [0.4, 0.5) is 4.39 Å². The van der Waals surface area contributed by atoms with Gasteiger partial charge in [0, 0.05) is 11.8 Å². The third-order valence-electron chi connectivity index (χ3n) is 3.76. The molecule has 0 radical (unpaired) electrons. The molecule has 0 saturated carbocycles. The molecule has 0 amide bonds. The number of nitrogens with one attached hydrogen (secondary N) is 1. The van der Waals surface area contributed by atoms with Crippen LogP contribution in [0.3, 0.4) is 0 Å². The molecular weight excluding hydrogens is 313 g/mol. The van der Waals surface area contributed by atoms with Gasteiger partial charge in [-0.1, -0.05) is 23.4 Å². The molecule has 7 nitrogen and oxygen atoms in total. The maximum Gasteiger partial charge on any atom is 0.439 e. The van der Waals surface area contributed by atoms with Crippen LogP contribution in [-0.2, 0) is 6.54 Å². The van der Waals surface area contributed by atoms with Crippen molar-refractivity contribution in [2.45, 2.75) is 13.5 Å². The van der Waals surface area contributed by atoms with Gasteiger partial charge in [0.25, 0.3) is 0 Å². The van der Waals surface area contributed by atoms with E-state index in [0.717, 1.165) is 0 Å². The lowest BCUT2D eigenvalue weighted by molar-refractivity contribution is 0.387. The Morgan fingerprint density at radius 2 is 2.17 bits per heavy atom.